The summed E-state index contributed by atoms with van der Waals surface area (Å²) < 4.78 is 5.83. The van der Waals surface area contributed by atoms with Gasteiger partial charge in [-0.2, -0.15) is 0 Å². The number of fused-ring (bicyclic) bond motifs is 1. The summed E-state index contributed by atoms with van der Waals surface area (Å²) >= 11 is 0. The molecule has 6 atom stereocenters. The van der Waals surface area contributed by atoms with Crippen LogP contribution in [0.5, 0.6) is 11.5 Å². The number of hydrogen-bond acceptors (Lipinski definition) is 6. The van der Waals surface area contributed by atoms with E-state index in [2.05, 4.69) is 13.5 Å². The maximum Gasteiger partial charge on any atom is 0.185 e. The molecule has 0 aromatic heterocycles. The Bertz CT molecular complexity index is 1530. The summed E-state index contributed by atoms with van der Waals surface area (Å²) in [5, 5.41) is 42.7. The van der Waals surface area contributed by atoms with Gasteiger partial charge in [-0.3, -0.25) is 4.79 Å². The van der Waals surface area contributed by atoms with Gasteiger partial charge in [-0.05, 0) is 77.1 Å². The van der Waals surface area contributed by atoms with Gasteiger partial charge in [-0.1, -0.05) is 74.0 Å². The first-order chi connectivity index (χ1) is 20.1. The van der Waals surface area contributed by atoms with Crippen molar-refractivity contribution in [1.29, 1.82) is 0 Å². The first kappa shape index (κ1) is 28.7. The molecule has 3 saturated carbocycles. The van der Waals surface area contributed by atoms with E-state index in [0.29, 0.717) is 12.8 Å². The Morgan fingerprint density at radius 1 is 1.02 bits per heavy atom. The molecule has 0 spiro atoms. The van der Waals surface area contributed by atoms with Gasteiger partial charge in [0, 0.05) is 37.9 Å². The molecule has 6 nitrogen and oxygen atoms in total. The molecule has 3 aliphatic carbocycles. The minimum atomic E-state index is -1.67. The number of phenolic OH excluding ortho intramolecular Hbond substituents is 2. The van der Waals surface area contributed by atoms with Crippen molar-refractivity contribution in [2.45, 2.75) is 51.2 Å². The highest BCUT2D eigenvalue weighted by Crippen LogP contribution is 2.79. The maximum atomic E-state index is 14.4. The van der Waals surface area contributed by atoms with Crippen LogP contribution in [-0.4, -0.2) is 45.7 Å². The van der Waals surface area contributed by atoms with Gasteiger partial charge < -0.3 is 25.2 Å². The number of aryl methyl sites for hydroxylation is 1. The zero-order valence-corrected chi connectivity index (χ0v) is 24.3. The van der Waals surface area contributed by atoms with Crippen LogP contribution in [0.2, 0.25) is 0 Å². The molecule has 0 heterocycles. The van der Waals surface area contributed by atoms with Crippen molar-refractivity contribution in [3.63, 3.8) is 0 Å². The lowest BCUT2D eigenvalue weighted by molar-refractivity contribution is -0.265. The Labute approximate surface area is 247 Å². The van der Waals surface area contributed by atoms with E-state index in [-0.39, 0.29) is 42.1 Å². The molecule has 3 aromatic rings. The van der Waals surface area contributed by atoms with Crippen molar-refractivity contribution >= 4 is 5.78 Å². The number of Topliss-reactive ketones (excluding diaryl/α,β-unsaturated/α-hetero) is 1. The van der Waals surface area contributed by atoms with E-state index in [4.69, 9.17) is 4.74 Å². The van der Waals surface area contributed by atoms with Crippen molar-refractivity contribution in [2.75, 3.05) is 13.7 Å². The molecule has 3 aliphatic rings. The molecule has 6 rings (SSSR count). The summed E-state index contributed by atoms with van der Waals surface area (Å²) in [5.74, 6) is -2.12. The topological polar surface area (TPSA) is 107 Å². The molecule has 3 fully saturated rings. The minimum Gasteiger partial charge on any atom is -0.508 e. The van der Waals surface area contributed by atoms with Gasteiger partial charge in [0.1, 0.15) is 17.3 Å². The molecule has 0 radical (unpaired) electrons. The second-order valence-corrected chi connectivity index (χ2v) is 12.7. The highest BCUT2D eigenvalue weighted by atomic mass is 16.6. The van der Waals surface area contributed by atoms with Gasteiger partial charge >= 0.3 is 0 Å². The van der Waals surface area contributed by atoms with E-state index in [9.17, 15) is 25.2 Å². The smallest absolute Gasteiger partial charge is 0.185 e. The number of aliphatic hydroxyl groups is 2. The molecule has 4 N–H and O–H groups in total. The molecular weight excluding hydrogens is 528 g/mol. The van der Waals surface area contributed by atoms with Gasteiger partial charge in [0.05, 0.1) is 5.41 Å². The number of carbonyl (C=O) groups excluding carboxylic acids is 1. The third-order valence-corrected chi connectivity index (χ3v) is 10.9. The number of aliphatic hydroxyl groups excluding tert-OH is 1. The largest absolute Gasteiger partial charge is 0.508 e. The van der Waals surface area contributed by atoms with Crippen LogP contribution in [0.4, 0.5) is 0 Å². The normalized spacial score (nSPS) is 31.4. The Morgan fingerprint density at radius 3 is 2.45 bits per heavy atom. The quantitative estimate of drug-likeness (QED) is 0.192. The lowest BCUT2D eigenvalue weighted by atomic mass is 9.47. The molecule has 42 heavy (non-hydrogen) atoms. The van der Waals surface area contributed by atoms with E-state index in [0.717, 1.165) is 52.7 Å². The Balaban J connectivity index is 1.23. The molecule has 220 valence electrons. The van der Waals surface area contributed by atoms with Crippen LogP contribution in [0.15, 0.2) is 78.9 Å². The average molecular weight is 569 g/mol. The first-order valence-corrected chi connectivity index (χ1v) is 14.9. The van der Waals surface area contributed by atoms with E-state index in [1.165, 1.54) is 7.11 Å². The number of ketones is 1. The van der Waals surface area contributed by atoms with Crippen molar-refractivity contribution in [1.82, 2.24) is 0 Å². The summed E-state index contributed by atoms with van der Waals surface area (Å²) in [4.78, 5) is 14.4. The third kappa shape index (κ3) is 3.92. The Morgan fingerprint density at radius 2 is 1.76 bits per heavy atom. The van der Waals surface area contributed by atoms with Crippen LogP contribution in [0.1, 0.15) is 49.3 Å². The van der Waals surface area contributed by atoms with E-state index in [1.807, 2.05) is 48.5 Å². The Hall–Kier alpha value is -3.45. The number of ether oxygens (including phenoxy) is 1. The second-order valence-electron chi connectivity index (χ2n) is 12.7. The fraction of sp³-hybridized carbons (Fsp3) is 0.417. The number of carbonyl (C=O) groups is 1. The summed E-state index contributed by atoms with van der Waals surface area (Å²) in [5.41, 5.74) is 3.73. The molecule has 3 aromatic carbocycles. The van der Waals surface area contributed by atoms with E-state index >= 15 is 0 Å². The lowest BCUT2D eigenvalue weighted by Crippen LogP contribution is -2.61. The van der Waals surface area contributed by atoms with Crippen molar-refractivity contribution in [2.24, 2.45) is 28.6 Å². The number of methoxy groups -OCH3 is 1. The van der Waals surface area contributed by atoms with Gasteiger partial charge in [0.2, 0.25) is 0 Å². The molecular formula is C36H40O6. The highest BCUT2D eigenvalue weighted by Gasteiger charge is 2.84. The van der Waals surface area contributed by atoms with Crippen LogP contribution in [0.25, 0.3) is 11.1 Å². The molecule has 0 aliphatic heterocycles. The van der Waals surface area contributed by atoms with Gasteiger partial charge in [-0.15, -0.1) is 0 Å². The number of benzene rings is 3. The van der Waals surface area contributed by atoms with Crippen molar-refractivity contribution in [3.05, 3.63) is 95.6 Å². The third-order valence-electron chi connectivity index (χ3n) is 10.9. The van der Waals surface area contributed by atoms with Crippen LogP contribution in [-0.2, 0) is 22.4 Å². The summed E-state index contributed by atoms with van der Waals surface area (Å²) in [6.07, 6.45) is 3.79. The average Bonchev–Trinajstić information content (AvgIpc) is 3.32. The van der Waals surface area contributed by atoms with E-state index in [1.54, 1.807) is 18.2 Å². The predicted octanol–water partition coefficient (Wildman–Crippen LogP) is 5.79. The lowest BCUT2D eigenvalue weighted by Gasteiger charge is -2.55. The molecule has 2 bridgehead atoms. The van der Waals surface area contributed by atoms with Crippen LogP contribution >= 0.6 is 0 Å². The summed E-state index contributed by atoms with van der Waals surface area (Å²) in [6, 6.07) is 20.6. The zero-order chi connectivity index (χ0) is 29.9. The second kappa shape index (κ2) is 10.4. The monoisotopic (exact) mass is 568 g/mol. The van der Waals surface area contributed by atoms with Crippen molar-refractivity contribution < 1.29 is 30.0 Å². The van der Waals surface area contributed by atoms with Gasteiger partial charge in [-0.25, -0.2) is 0 Å². The zero-order valence-electron chi connectivity index (χ0n) is 24.3. The first-order valence-electron chi connectivity index (χ1n) is 14.9. The van der Waals surface area contributed by atoms with Crippen LogP contribution in [0, 0.1) is 28.6 Å². The number of rotatable bonds is 9. The van der Waals surface area contributed by atoms with E-state index < -0.39 is 22.5 Å². The summed E-state index contributed by atoms with van der Waals surface area (Å²) in [7, 11) is 1.47. The number of phenols is 2. The number of aromatic hydroxyl groups is 2. The van der Waals surface area contributed by atoms with Gasteiger partial charge in [0.15, 0.2) is 5.79 Å². The molecule has 0 amide bonds. The van der Waals surface area contributed by atoms with Crippen LogP contribution < -0.4 is 0 Å². The molecule has 6 unspecified atom stereocenters. The highest BCUT2D eigenvalue weighted by molar-refractivity contribution is 5.90. The molecule has 6 heteroatoms. The maximum absolute atomic E-state index is 14.4. The standard InChI is InChI=1S/C36H40O6/c1-22-33-29(21-37)30-8-5-17-34(22,2)35(30,36(33,41)42-3)32(40)16-11-23-6-4-7-25(18-23)26-12-13-27(31(39)20-26)19-24-9-14-28(38)15-10-24/h4,6-7,9-10,12-15,18,20,29-30,33,37-39,41H,1,5,8,11,16-17,19,21H2,2-3H3. The number of hydrogen-bond donors (Lipinski definition) is 4. The van der Waals surface area contributed by atoms with Crippen molar-refractivity contribution in [3.8, 4) is 22.6 Å². The predicted molar refractivity (Wildman–Crippen MR) is 161 cm³/mol. The van der Waals surface area contributed by atoms with Gasteiger partial charge in [0.25, 0.3) is 0 Å². The fourth-order valence-electron chi connectivity index (χ4n) is 9.04. The summed E-state index contributed by atoms with van der Waals surface area (Å²) in [6.45, 7) is 6.33. The minimum absolute atomic E-state index is 0.0136. The fourth-order valence-corrected chi connectivity index (χ4v) is 9.04. The molecule has 0 saturated heterocycles. The SMILES string of the molecule is C=C1C2C(CO)C3CCCC1(C)C3(C(=O)CCc1cccc(-c3ccc(Cc4ccc(O)cc4)c(O)c3)c1)C2(O)OC. The van der Waals surface area contributed by atoms with Crippen LogP contribution in [0.3, 0.4) is 0 Å². The Kier molecular flexibility index (Phi) is 7.08.